The van der Waals surface area contributed by atoms with Crippen LogP contribution in [0.5, 0.6) is 0 Å². The molecule has 0 aromatic carbocycles. The third-order valence-corrected chi connectivity index (χ3v) is 4.02. The van der Waals surface area contributed by atoms with Crippen molar-refractivity contribution in [3.05, 3.63) is 0 Å². The van der Waals surface area contributed by atoms with Crippen LogP contribution in [0.2, 0.25) is 0 Å². The van der Waals surface area contributed by atoms with Crippen molar-refractivity contribution in [1.82, 2.24) is 4.90 Å². The smallest absolute Gasteiger partial charge is 0.224 e. The molecule has 4 heteroatoms. The van der Waals surface area contributed by atoms with Gasteiger partial charge in [0.1, 0.15) is 0 Å². The highest BCUT2D eigenvalue weighted by Crippen LogP contribution is 2.29. The fourth-order valence-electron chi connectivity index (χ4n) is 2.30. The molecule has 0 aromatic heterocycles. The van der Waals surface area contributed by atoms with Crippen molar-refractivity contribution < 1.29 is 9.90 Å². The molecular formula is C13H26N2O2. The predicted molar refractivity (Wildman–Crippen MR) is 68.6 cm³/mol. The standard InChI is InChI=1S/C13H26N2O2/c1-12(2,10-16)15(3)11(17)9-13(14)7-5-4-6-8-13/h16H,4-10,14H2,1-3H3. The normalized spacial score (nSPS) is 20.1. The van der Waals surface area contributed by atoms with Crippen LogP contribution in [0.4, 0.5) is 0 Å². The summed E-state index contributed by atoms with van der Waals surface area (Å²) < 4.78 is 0. The minimum atomic E-state index is -0.512. The Labute approximate surface area is 104 Å². The first-order valence-electron chi connectivity index (χ1n) is 6.47. The van der Waals surface area contributed by atoms with Gasteiger partial charge in [-0.05, 0) is 26.7 Å². The molecule has 1 saturated carbocycles. The van der Waals surface area contributed by atoms with Gasteiger partial charge < -0.3 is 15.7 Å². The summed E-state index contributed by atoms with van der Waals surface area (Å²) in [6.45, 7) is 3.68. The van der Waals surface area contributed by atoms with Gasteiger partial charge in [0.15, 0.2) is 0 Å². The van der Waals surface area contributed by atoms with Gasteiger partial charge in [-0.3, -0.25) is 4.79 Å². The Kier molecular flexibility index (Phi) is 4.55. The van der Waals surface area contributed by atoms with E-state index in [1.54, 1.807) is 11.9 Å². The van der Waals surface area contributed by atoms with E-state index in [-0.39, 0.29) is 18.1 Å². The Bertz CT molecular complexity index is 271. The molecule has 0 heterocycles. The quantitative estimate of drug-likeness (QED) is 0.780. The van der Waals surface area contributed by atoms with Crippen molar-refractivity contribution in [2.24, 2.45) is 5.73 Å². The van der Waals surface area contributed by atoms with E-state index in [4.69, 9.17) is 5.73 Å². The van der Waals surface area contributed by atoms with Gasteiger partial charge in [0.05, 0.1) is 12.1 Å². The number of amides is 1. The van der Waals surface area contributed by atoms with Crippen LogP contribution < -0.4 is 5.73 Å². The van der Waals surface area contributed by atoms with E-state index in [1.165, 1.54) is 6.42 Å². The van der Waals surface area contributed by atoms with Crippen molar-refractivity contribution in [1.29, 1.82) is 0 Å². The molecule has 1 fully saturated rings. The number of nitrogens with zero attached hydrogens (tertiary/aromatic N) is 1. The van der Waals surface area contributed by atoms with Gasteiger partial charge in [0, 0.05) is 19.0 Å². The average Bonchev–Trinajstić information content (AvgIpc) is 2.28. The van der Waals surface area contributed by atoms with Crippen molar-refractivity contribution >= 4 is 5.91 Å². The van der Waals surface area contributed by atoms with Crippen LogP contribution in [0.1, 0.15) is 52.4 Å². The molecule has 1 rings (SSSR count). The van der Waals surface area contributed by atoms with Crippen molar-refractivity contribution in [2.45, 2.75) is 63.5 Å². The number of hydrogen-bond donors (Lipinski definition) is 2. The zero-order valence-electron chi connectivity index (χ0n) is 11.3. The van der Waals surface area contributed by atoms with E-state index in [0.29, 0.717) is 6.42 Å². The number of carbonyl (C=O) groups is 1. The first kappa shape index (κ1) is 14.5. The lowest BCUT2D eigenvalue weighted by Gasteiger charge is -2.38. The van der Waals surface area contributed by atoms with Crippen molar-refractivity contribution in [3.63, 3.8) is 0 Å². The summed E-state index contributed by atoms with van der Waals surface area (Å²) in [6.07, 6.45) is 5.74. The van der Waals surface area contributed by atoms with Crippen LogP contribution >= 0.6 is 0 Å². The third-order valence-electron chi connectivity index (χ3n) is 4.02. The van der Waals surface area contributed by atoms with E-state index in [2.05, 4.69) is 0 Å². The molecule has 0 saturated heterocycles. The Morgan fingerprint density at radius 3 is 2.35 bits per heavy atom. The second-order valence-corrected chi connectivity index (χ2v) is 6.02. The van der Waals surface area contributed by atoms with Crippen LogP contribution in [-0.4, -0.2) is 40.6 Å². The molecule has 100 valence electrons. The molecule has 0 spiro atoms. The van der Waals surface area contributed by atoms with Gasteiger partial charge >= 0.3 is 0 Å². The minimum absolute atomic E-state index is 0.0349. The summed E-state index contributed by atoms with van der Waals surface area (Å²) in [7, 11) is 1.74. The zero-order valence-corrected chi connectivity index (χ0v) is 11.3. The summed E-state index contributed by atoms with van der Waals surface area (Å²) in [5.41, 5.74) is 5.44. The molecule has 4 nitrogen and oxygen atoms in total. The third kappa shape index (κ3) is 3.68. The van der Waals surface area contributed by atoms with E-state index in [9.17, 15) is 9.90 Å². The monoisotopic (exact) mass is 242 g/mol. The molecule has 0 radical (unpaired) electrons. The molecule has 0 atom stereocenters. The Morgan fingerprint density at radius 1 is 1.35 bits per heavy atom. The van der Waals surface area contributed by atoms with Crippen LogP contribution in [0.3, 0.4) is 0 Å². The molecule has 17 heavy (non-hydrogen) atoms. The van der Waals surface area contributed by atoms with Gasteiger partial charge in [-0.25, -0.2) is 0 Å². The minimum Gasteiger partial charge on any atom is -0.394 e. The molecular weight excluding hydrogens is 216 g/mol. The number of likely N-dealkylation sites (N-methyl/N-ethyl adjacent to an activating group) is 1. The summed E-state index contributed by atoms with van der Waals surface area (Å²) in [4.78, 5) is 13.8. The largest absolute Gasteiger partial charge is 0.394 e. The predicted octanol–water partition coefficient (Wildman–Crippen LogP) is 1.27. The molecule has 0 bridgehead atoms. The highest BCUT2D eigenvalue weighted by Gasteiger charge is 2.34. The molecule has 0 aliphatic heterocycles. The summed E-state index contributed by atoms with van der Waals surface area (Å²) in [5, 5.41) is 9.26. The number of rotatable bonds is 4. The highest BCUT2D eigenvalue weighted by atomic mass is 16.3. The molecule has 0 aromatic rings. The van der Waals surface area contributed by atoms with Crippen molar-refractivity contribution in [2.75, 3.05) is 13.7 Å². The lowest BCUT2D eigenvalue weighted by atomic mass is 9.79. The SMILES string of the molecule is CN(C(=O)CC1(N)CCCCC1)C(C)(C)CO. The van der Waals surface area contributed by atoms with Gasteiger partial charge in [-0.2, -0.15) is 0 Å². The molecule has 1 amide bonds. The molecule has 1 aliphatic rings. The van der Waals surface area contributed by atoms with Crippen LogP contribution in [0, 0.1) is 0 Å². The summed E-state index contributed by atoms with van der Waals surface area (Å²) >= 11 is 0. The maximum atomic E-state index is 12.2. The topological polar surface area (TPSA) is 66.6 Å². The number of nitrogens with two attached hydrogens (primary N) is 1. The zero-order chi connectivity index (χ0) is 13.1. The second-order valence-electron chi connectivity index (χ2n) is 6.02. The maximum absolute atomic E-state index is 12.2. The Hall–Kier alpha value is -0.610. The van der Waals surface area contributed by atoms with E-state index in [1.807, 2.05) is 13.8 Å². The first-order valence-corrected chi connectivity index (χ1v) is 6.47. The molecule has 1 aliphatic carbocycles. The Morgan fingerprint density at radius 2 is 1.88 bits per heavy atom. The highest BCUT2D eigenvalue weighted by molar-refractivity contribution is 5.78. The average molecular weight is 242 g/mol. The van der Waals surface area contributed by atoms with Gasteiger partial charge in [-0.1, -0.05) is 19.3 Å². The van der Waals surface area contributed by atoms with Crippen LogP contribution in [0.15, 0.2) is 0 Å². The number of aliphatic hydroxyl groups excluding tert-OH is 1. The lowest BCUT2D eigenvalue weighted by Crippen LogP contribution is -2.52. The van der Waals surface area contributed by atoms with Gasteiger partial charge in [0.2, 0.25) is 5.91 Å². The van der Waals surface area contributed by atoms with Gasteiger partial charge in [-0.15, -0.1) is 0 Å². The van der Waals surface area contributed by atoms with E-state index < -0.39 is 5.54 Å². The summed E-state index contributed by atoms with van der Waals surface area (Å²) in [6, 6.07) is 0. The summed E-state index contributed by atoms with van der Waals surface area (Å²) in [5.74, 6) is 0.0356. The second kappa shape index (κ2) is 5.36. The number of aliphatic hydroxyl groups is 1. The molecule has 3 N–H and O–H groups in total. The fraction of sp³-hybridized carbons (Fsp3) is 0.923. The van der Waals surface area contributed by atoms with E-state index in [0.717, 1.165) is 25.7 Å². The lowest BCUT2D eigenvalue weighted by molar-refractivity contribution is -0.137. The van der Waals surface area contributed by atoms with Crippen LogP contribution in [-0.2, 0) is 4.79 Å². The van der Waals surface area contributed by atoms with Gasteiger partial charge in [0.25, 0.3) is 0 Å². The maximum Gasteiger partial charge on any atom is 0.224 e. The van der Waals surface area contributed by atoms with E-state index >= 15 is 0 Å². The first-order chi connectivity index (χ1) is 7.81. The molecule has 0 unspecified atom stereocenters. The van der Waals surface area contributed by atoms with Crippen molar-refractivity contribution in [3.8, 4) is 0 Å². The fourth-order valence-corrected chi connectivity index (χ4v) is 2.30. The number of hydrogen-bond acceptors (Lipinski definition) is 3. The van der Waals surface area contributed by atoms with Crippen LogP contribution in [0.25, 0.3) is 0 Å². The Balaban J connectivity index is 2.59. The number of carbonyl (C=O) groups excluding carboxylic acids is 1.